The molecule has 2 aromatic carbocycles. The Morgan fingerprint density at radius 2 is 1.84 bits per heavy atom. The molecule has 0 atom stereocenters. The number of benzene rings is 2. The molecule has 0 unspecified atom stereocenters. The molecule has 0 spiro atoms. The Bertz CT molecular complexity index is 1470. The lowest BCUT2D eigenvalue weighted by atomic mass is 10.0. The minimum absolute atomic E-state index is 0.00501. The summed E-state index contributed by atoms with van der Waals surface area (Å²) in [4.78, 5) is 34.1. The number of hydrogen-bond acceptors (Lipinski definition) is 5. The predicted octanol–water partition coefficient (Wildman–Crippen LogP) is 6.27. The number of nitrogens with one attached hydrogen (secondary N) is 2. The summed E-state index contributed by atoms with van der Waals surface area (Å²) in [6.07, 6.45) is 6.25. The van der Waals surface area contributed by atoms with E-state index in [1.807, 2.05) is 54.0 Å². The quantitative estimate of drug-likeness (QED) is 0.256. The van der Waals surface area contributed by atoms with Crippen molar-refractivity contribution in [1.82, 2.24) is 19.7 Å². The van der Waals surface area contributed by atoms with Crippen LogP contribution in [0.1, 0.15) is 60.7 Å². The molecule has 0 bridgehead atoms. The second-order valence-corrected chi connectivity index (χ2v) is 10.3. The van der Waals surface area contributed by atoms with Crippen molar-refractivity contribution in [3.05, 3.63) is 71.0 Å². The Balaban J connectivity index is 1.55. The molecule has 5 rings (SSSR count). The van der Waals surface area contributed by atoms with Crippen LogP contribution in [0.5, 0.6) is 0 Å². The summed E-state index contributed by atoms with van der Waals surface area (Å²) >= 11 is 6.48. The van der Waals surface area contributed by atoms with E-state index in [1.165, 1.54) is 0 Å². The number of hydrogen-bond donors (Lipinski definition) is 2. The molecule has 1 aliphatic carbocycles. The van der Waals surface area contributed by atoms with E-state index in [0.717, 1.165) is 36.2 Å². The fourth-order valence-electron chi connectivity index (χ4n) is 4.14. The first-order chi connectivity index (χ1) is 17.8. The average molecular weight is 516 g/mol. The van der Waals surface area contributed by atoms with Gasteiger partial charge in [0.2, 0.25) is 0 Å². The summed E-state index contributed by atoms with van der Waals surface area (Å²) < 4.78 is 2.00. The molecule has 2 aromatic heterocycles. The van der Waals surface area contributed by atoms with E-state index in [2.05, 4.69) is 29.5 Å². The molecule has 1 fully saturated rings. The van der Waals surface area contributed by atoms with Crippen molar-refractivity contribution < 1.29 is 9.59 Å². The lowest BCUT2D eigenvalue weighted by molar-refractivity contribution is 0.0949. The van der Waals surface area contributed by atoms with Gasteiger partial charge in [-0.05, 0) is 43.0 Å². The van der Waals surface area contributed by atoms with Gasteiger partial charge >= 0.3 is 0 Å². The van der Waals surface area contributed by atoms with Crippen molar-refractivity contribution in [1.29, 1.82) is 0 Å². The lowest BCUT2D eigenvalue weighted by Gasteiger charge is -2.13. The number of fused-ring (bicyclic) bond motifs is 1. The van der Waals surface area contributed by atoms with Crippen LogP contribution in [0.25, 0.3) is 28.2 Å². The molecule has 2 heterocycles. The first kappa shape index (κ1) is 25.0. The number of rotatable bonds is 9. The van der Waals surface area contributed by atoms with Crippen LogP contribution >= 0.6 is 11.6 Å². The van der Waals surface area contributed by atoms with Gasteiger partial charge in [0.25, 0.3) is 5.91 Å². The number of ketones is 1. The zero-order chi connectivity index (χ0) is 26.1. The molecule has 8 heteroatoms. The van der Waals surface area contributed by atoms with Crippen LogP contribution in [0.4, 0.5) is 5.82 Å². The topological polar surface area (TPSA) is 88.4 Å². The second kappa shape index (κ2) is 10.3. The highest BCUT2D eigenvalue weighted by Gasteiger charge is 2.24. The van der Waals surface area contributed by atoms with Crippen molar-refractivity contribution in [2.24, 2.45) is 5.92 Å². The lowest BCUT2D eigenvalue weighted by Crippen LogP contribution is -2.25. The number of Topliss-reactive ketones (excluding diaryl/α,β-unsaturated/α-hetero) is 1. The maximum Gasteiger partial charge on any atom is 0.251 e. The van der Waals surface area contributed by atoms with E-state index < -0.39 is 0 Å². The second-order valence-electron chi connectivity index (χ2n) is 9.88. The molecule has 0 aliphatic heterocycles. The predicted molar refractivity (Wildman–Crippen MR) is 147 cm³/mol. The van der Waals surface area contributed by atoms with Gasteiger partial charge in [-0.15, -0.1) is 0 Å². The summed E-state index contributed by atoms with van der Waals surface area (Å²) in [5.41, 5.74) is 5.19. The third-order valence-electron chi connectivity index (χ3n) is 6.41. The number of nitrogens with zero attached hydrogens (tertiary/aromatic N) is 3. The molecule has 37 heavy (non-hydrogen) atoms. The minimum Gasteiger partial charge on any atom is -0.367 e. The van der Waals surface area contributed by atoms with Crippen molar-refractivity contribution in [3.8, 4) is 22.5 Å². The van der Waals surface area contributed by atoms with Crippen LogP contribution in [-0.4, -0.2) is 38.6 Å². The maximum atomic E-state index is 12.4. The van der Waals surface area contributed by atoms with Crippen molar-refractivity contribution >= 4 is 34.8 Å². The SMILES string of the molecule is CCC(=O)c1ccc(-c2cn3c(-c4ccc(C(=O)NC5CC5)cc4)cnc3c(NCC(C)C)n2)cc1Cl. The van der Waals surface area contributed by atoms with E-state index in [-0.39, 0.29) is 11.7 Å². The maximum absolute atomic E-state index is 12.4. The van der Waals surface area contributed by atoms with Gasteiger partial charge in [-0.25, -0.2) is 9.97 Å². The molecule has 4 aromatic rings. The standard InChI is InChI=1S/C29H30ClN5O2/c1-4-26(36)22-12-9-20(13-23(22)30)24-16-35-25(15-32-28(35)27(34-24)31-14-17(2)3)18-5-7-19(8-6-18)29(37)33-21-10-11-21/h5-9,12-13,15-17,21H,4,10-11,14H2,1-3H3,(H,31,34)(H,33,37). The Morgan fingerprint density at radius 3 is 2.49 bits per heavy atom. The molecular formula is C29H30ClN5O2. The molecule has 2 N–H and O–H groups in total. The zero-order valence-electron chi connectivity index (χ0n) is 21.2. The van der Waals surface area contributed by atoms with Gasteiger partial charge < -0.3 is 10.6 Å². The number of carbonyl (C=O) groups is 2. The van der Waals surface area contributed by atoms with Crippen LogP contribution in [0.3, 0.4) is 0 Å². The minimum atomic E-state index is -0.0410. The number of imidazole rings is 1. The Morgan fingerprint density at radius 1 is 1.11 bits per heavy atom. The number of amides is 1. The fourth-order valence-corrected chi connectivity index (χ4v) is 4.43. The van der Waals surface area contributed by atoms with Gasteiger partial charge in [-0.2, -0.15) is 0 Å². The Labute approximate surface area is 221 Å². The molecule has 7 nitrogen and oxygen atoms in total. The molecule has 1 aliphatic rings. The summed E-state index contributed by atoms with van der Waals surface area (Å²) in [6.45, 7) is 6.83. The highest BCUT2D eigenvalue weighted by molar-refractivity contribution is 6.34. The summed E-state index contributed by atoms with van der Waals surface area (Å²) in [5, 5.41) is 6.86. The smallest absolute Gasteiger partial charge is 0.251 e. The number of halogens is 1. The van der Waals surface area contributed by atoms with E-state index in [4.69, 9.17) is 16.6 Å². The first-order valence-corrected chi connectivity index (χ1v) is 13.1. The van der Waals surface area contributed by atoms with Gasteiger partial charge in [-0.3, -0.25) is 14.0 Å². The van der Waals surface area contributed by atoms with E-state index in [9.17, 15) is 9.59 Å². The molecule has 1 amide bonds. The average Bonchev–Trinajstić information content (AvgIpc) is 3.61. The normalized spacial score (nSPS) is 13.2. The number of carbonyl (C=O) groups excluding carboxylic acids is 2. The molecule has 0 saturated heterocycles. The van der Waals surface area contributed by atoms with E-state index in [1.54, 1.807) is 12.1 Å². The Hall–Kier alpha value is -3.71. The van der Waals surface area contributed by atoms with Crippen LogP contribution in [0, 0.1) is 5.92 Å². The Kier molecular flexibility index (Phi) is 6.98. The third-order valence-corrected chi connectivity index (χ3v) is 6.72. The monoisotopic (exact) mass is 515 g/mol. The van der Waals surface area contributed by atoms with Crippen LogP contribution < -0.4 is 10.6 Å². The van der Waals surface area contributed by atoms with Gasteiger partial charge in [0.15, 0.2) is 17.2 Å². The van der Waals surface area contributed by atoms with Crippen LogP contribution in [0.2, 0.25) is 5.02 Å². The van der Waals surface area contributed by atoms with Crippen LogP contribution in [0.15, 0.2) is 54.9 Å². The molecular weight excluding hydrogens is 486 g/mol. The van der Waals surface area contributed by atoms with Gasteiger partial charge in [-0.1, -0.05) is 50.6 Å². The van der Waals surface area contributed by atoms with Gasteiger partial charge in [0.05, 0.1) is 22.6 Å². The first-order valence-electron chi connectivity index (χ1n) is 12.7. The summed E-state index contributed by atoms with van der Waals surface area (Å²) in [5.74, 6) is 1.05. The molecule has 190 valence electrons. The van der Waals surface area contributed by atoms with Crippen molar-refractivity contribution in [3.63, 3.8) is 0 Å². The van der Waals surface area contributed by atoms with E-state index >= 15 is 0 Å². The number of aromatic nitrogens is 3. The number of anilines is 1. The largest absolute Gasteiger partial charge is 0.367 e. The summed E-state index contributed by atoms with van der Waals surface area (Å²) in [7, 11) is 0. The third kappa shape index (κ3) is 5.37. The summed E-state index contributed by atoms with van der Waals surface area (Å²) in [6, 6.07) is 13.3. The van der Waals surface area contributed by atoms with Crippen molar-refractivity contribution in [2.45, 2.75) is 46.1 Å². The fraction of sp³-hybridized carbons (Fsp3) is 0.310. The highest BCUT2D eigenvalue weighted by atomic mass is 35.5. The van der Waals surface area contributed by atoms with Gasteiger partial charge in [0, 0.05) is 47.5 Å². The molecule has 1 saturated carbocycles. The van der Waals surface area contributed by atoms with Gasteiger partial charge in [0.1, 0.15) is 0 Å². The highest BCUT2D eigenvalue weighted by Crippen LogP contribution is 2.30. The van der Waals surface area contributed by atoms with Crippen molar-refractivity contribution in [2.75, 3.05) is 11.9 Å². The molecule has 0 radical (unpaired) electrons. The zero-order valence-corrected chi connectivity index (χ0v) is 22.0. The van der Waals surface area contributed by atoms with E-state index in [0.29, 0.717) is 51.7 Å². The van der Waals surface area contributed by atoms with Crippen LogP contribution in [-0.2, 0) is 0 Å².